The molecule has 1 aliphatic rings. The molecular formula is C16H24FN3O2. The summed E-state index contributed by atoms with van der Waals surface area (Å²) in [4.78, 5) is 14.2. The molecule has 1 fully saturated rings. The minimum absolute atomic E-state index is 0.214. The number of halogens is 1. The number of likely N-dealkylation sites (tertiary alicyclic amines) is 1. The molecule has 2 amide bonds. The molecule has 2 N–H and O–H groups in total. The lowest BCUT2D eigenvalue weighted by Gasteiger charge is -2.16. The maximum atomic E-state index is 13.6. The third-order valence-electron chi connectivity index (χ3n) is 3.90. The van der Waals surface area contributed by atoms with Crippen LogP contribution in [-0.2, 0) is 4.74 Å². The third kappa shape index (κ3) is 4.96. The average molecular weight is 309 g/mol. The van der Waals surface area contributed by atoms with Crippen molar-refractivity contribution in [1.29, 1.82) is 0 Å². The number of anilines is 1. The number of urea groups is 1. The van der Waals surface area contributed by atoms with E-state index in [1.165, 1.54) is 6.07 Å². The largest absolute Gasteiger partial charge is 0.383 e. The number of nitrogens with one attached hydrogen (secondary N) is 2. The monoisotopic (exact) mass is 309 g/mol. The molecule has 1 atom stereocenters. The molecular weight excluding hydrogens is 285 g/mol. The van der Waals surface area contributed by atoms with Crippen LogP contribution in [0.4, 0.5) is 14.9 Å². The predicted octanol–water partition coefficient (Wildman–Crippen LogP) is 2.22. The lowest BCUT2D eigenvalue weighted by atomic mass is 10.1. The number of amides is 2. The van der Waals surface area contributed by atoms with Crippen LogP contribution in [0.3, 0.4) is 0 Å². The highest BCUT2D eigenvalue weighted by Gasteiger charge is 2.22. The minimum atomic E-state index is -0.424. The van der Waals surface area contributed by atoms with Gasteiger partial charge in [0.2, 0.25) is 0 Å². The zero-order valence-corrected chi connectivity index (χ0v) is 13.2. The van der Waals surface area contributed by atoms with Gasteiger partial charge in [-0.1, -0.05) is 6.07 Å². The molecule has 1 aromatic rings. The molecule has 122 valence electrons. The predicted molar refractivity (Wildman–Crippen MR) is 84.6 cm³/mol. The fourth-order valence-electron chi connectivity index (χ4n) is 2.64. The Hall–Kier alpha value is -1.66. The Morgan fingerprint density at radius 1 is 1.50 bits per heavy atom. The van der Waals surface area contributed by atoms with Gasteiger partial charge in [0.05, 0.1) is 12.3 Å². The SMILES string of the molecule is COCCN1CC[C@@H](CNC(=O)Nc2cc(C)ccc2F)C1. The number of methoxy groups -OCH3 is 1. The number of hydrogen-bond acceptors (Lipinski definition) is 3. The van der Waals surface area contributed by atoms with Gasteiger partial charge in [0, 0.05) is 26.7 Å². The van der Waals surface area contributed by atoms with Crippen LogP contribution in [0.1, 0.15) is 12.0 Å². The Kier molecular flexibility index (Phi) is 6.15. The number of benzene rings is 1. The summed E-state index contributed by atoms with van der Waals surface area (Å²) in [6.07, 6.45) is 1.06. The number of carbonyl (C=O) groups excluding carboxylic acids is 1. The highest BCUT2D eigenvalue weighted by atomic mass is 19.1. The lowest BCUT2D eigenvalue weighted by Crippen LogP contribution is -2.34. The van der Waals surface area contributed by atoms with E-state index in [-0.39, 0.29) is 11.7 Å². The number of aryl methyl sites for hydroxylation is 1. The lowest BCUT2D eigenvalue weighted by molar-refractivity contribution is 0.159. The maximum absolute atomic E-state index is 13.6. The molecule has 0 radical (unpaired) electrons. The van der Waals surface area contributed by atoms with Crippen molar-refractivity contribution in [2.45, 2.75) is 13.3 Å². The smallest absolute Gasteiger partial charge is 0.319 e. The molecule has 0 aliphatic carbocycles. The van der Waals surface area contributed by atoms with Crippen molar-refractivity contribution in [3.63, 3.8) is 0 Å². The van der Waals surface area contributed by atoms with Crippen molar-refractivity contribution in [2.75, 3.05) is 45.2 Å². The second-order valence-electron chi connectivity index (χ2n) is 5.77. The van der Waals surface area contributed by atoms with Crippen molar-refractivity contribution < 1.29 is 13.9 Å². The topological polar surface area (TPSA) is 53.6 Å². The molecule has 0 saturated carbocycles. The first-order chi connectivity index (χ1) is 10.6. The van der Waals surface area contributed by atoms with Crippen LogP contribution in [0.25, 0.3) is 0 Å². The number of hydrogen-bond donors (Lipinski definition) is 2. The Bertz CT molecular complexity index is 510. The summed E-state index contributed by atoms with van der Waals surface area (Å²) in [5.41, 5.74) is 1.12. The van der Waals surface area contributed by atoms with Gasteiger partial charge in [0.25, 0.3) is 0 Å². The van der Waals surface area contributed by atoms with Crippen molar-refractivity contribution in [3.8, 4) is 0 Å². The van der Waals surface area contributed by atoms with E-state index in [2.05, 4.69) is 15.5 Å². The Morgan fingerprint density at radius 2 is 2.32 bits per heavy atom. The highest BCUT2D eigenvalue weighted by molar-refractivity contribution is 5.89. The Balaban J connectivity index is 1.73. The number of ether oxygens (including phenoxy) is 1. The summed E-state index contributed by atoms with van der Waals surface area (Å²) in [5, 5.41) is 5.38. The standard InChI is InChI=1S/C16H24FN3O2/c1-12-3-4-14(17)15(9-12)19-16(21)18-10-13-5-6-20(11-13)7-8-22-2/h3-4,9,13H,5-8,10-11H2,1-2H3,(H2,18,19,21)/t13-/m0/s1. The Morgan fingerprint density at radius 3 is 3.09 bits per heavy atom. The molecule has 1 heterocycles. The van der Waals surface area contributed by atoms with Gasteiger partial charge in [0.1, 0.15) is 5.82 Å². The van der Waals surface area contributed by atoms with E-state index in [1.807, 2.05) is 6.92 Å². The molecule has 1 saturated heterocycles. The van der Waals surface area contributed by atoms with E-state index in [4.69, 9.17) is 4.74 Å². The normalized spacial score (nSPS) is 18.4. The van der Waals surface area contributed by atoms with E-state index in [1.54, 1.807) is 19.2 Å². The van der Waals surface area contributed by atoms with Crippen molar-refractivity contribution in [2.24, 2.45) is 5.92 Å². The molecule has 2 rings (SSSR count). The second kappa shape index (κ2) is 8.10. The van der Waals surface area contributed by atoms with Crippen LogP contribution in [0.5, 0.6) is 0 Å². The fourth-order valence-corrected chi connectivity index (χ4v) is 2.64. The van der Waals surface area contributed by atoms with Gasteiger partial charge < -0.3 is 20.3 Å². The molecule has 5 nitrogen and oxygen atoms in total. The van der Waals surface area contributed by atoms with Gasteiger partial charge in [-0.3, -0.25) is 0 Å². The van der Waals surface area contributed by atoms with Gasteiger partial charge >= 0.3 is 6.03 Å². The molecule has 0 bridgehead atoms. The van der Waals surface area contributed by atoms with Crippen LogP contribution in [0.15, 0.2) is 18.2 Å². The van der Waals surface area contributed by atoms with E-state index < -0.39 is 5.82 Å². The molecule has 6 heteroatoms. The van der Waals surface area contributed by atoms with Crippen molar-refractivity contribution in [3.05, 3.63) is 29.6 Å². The first-order valence-corrected chi connectivity index (χ1v) is 7.61. The van der Waals surface area contributed by atoms with E-state index in [9.17, 15) is 9.18 Å². The number of carbonyl (C=O) groups is 1. The van der Waals surface area contributed by atoms with Crippen LogP contribution >= 0.6 is 0 Å². The maximum Gasteiger partial charge on any atom is 0.319 e. The first kappa shape index (κ1) is 16.7. The van der Waals surface area contributed by atoms with Gasteiger partial charge in [-0.15, -0.1) is 0 Å². The van der Waals surface area contributed by atoms with Crippen molar-refractivity contribution in [1.82, 2.24) is 10.2 Å². The summed E-state index contributed by atoms with van der Waals surface area (Å²) >= 11 is 0. The van der Waals surface area contributed by atoms with E-state index in [0.29, 0.717) is 12.5 Å². The average Bonchev–Trinajstić information content (AvgIpc) is 2.95. The minimum Gasteiger partial charge on any atom is -0.383 e. The molecule has 0 aromatic heterocycles. The van der Waals surface area contributed by atoms with Crippen molar-refractivity contribution >= 4 is 11.7 Å². The van der Waals surface area contributed by atoms with Crippen LogP contribution in [-0.4, -0.2) is 50.8 Å². The summed E-state index contributed by atoms with van der Waals surface area (Å²) in [6.45, 7) is 6.10. The van der Waals surface area contributed by atoms with Crippen LogP contribution < -0.4 is 10.6 Å². The molecule has 0 unspecified atom stereocenters. The first-order valence-electron chi connectivity index (χ1n) is 7.61. The van der Waals surface area contributed by atoms with E-state index >= 15 is 0 Å². The Labute approximate surface area is 130 Å². The molecule has 22 heavy (non-hydrogen) atoms. The zero-order chi connectivity index (χ0) is 15.9. The summed E-state index contributed by atoms with van der Waals surface area (Å²) < 4.78 is 18.6. The zero-order valence-electron chi connectivity index (χ0n) is 13.2. The fraction of sp³-hybridized carbons (Fsp3) is 0.562. The summed E-state index contributed by atoms with van der Waals surface area (Å²) in [5.74, 6) is 0.0114. The van der Waals surface area contributed by atoms with Crippen LogP contribution in [0, 0.1) is 18.7 Å². The van der Waals surface area contributed by atoms with Gasteiger partial charge in [-0.25, -0.2) is 9.18 Å². The summed E-state index contributed by atoms with van der Waals surface area (Å²) in [7, 11) is 1.70. The highest BCUT2D eigenvalue weighted by Crippen LogP contribution is 2.16. The second-order valence-corrected chi connectivity index (χ2v) is 5.77. The number of nitrogens with zero attached hydrogens (tertiary/aromatic N) is 1. The van der Waals surface area contributed by atoms with Gasteiger partial charge in [-0.05, 0) is 43.5 Å². The summed E-state index contributed by atoms with van der Waals surface area (Å²) in [6, 6.07) is 4.29. The van der Waals surface area contributed by atoms with Gasteiger partial charge in [0.15, 0.2) is 0 Å². The third-order valence-corrected chi connectivity index (χ3v) is 3.90. The number of rotatable bonds is 6. The van der Waals surface area contributed by atoms with Crippen LogP contribution in [0.2, 0.25) is 0 Å². The van der Waals surface area contributed by atoms with E-state index in [0.717, 1.165) is 38.2 Å². The quantitative estimate of drug-likeness (QED) is 0.847. The molecule has 1 aromatic carbocycles. The molecule has 1 aliphatic heterocycles. The molecule has 0 spiro atoms. The van der Waals surface area contributed by atoms with Gasteiger partial charge in [-0.2, -0.15) is 0 Å².